The third kappa shape index (κ3) is 4.37. The number of benzene rings is 3. The van der Waals surface area contributed by atoms with Crippen LogP contribution in [0, 0.1) is 0 Å². The van der Waals surface area contributed by atoms with Gasteiger partial charge in [-0.05, 0) is 23.3 Å². The molecule has 0 atom stereocenters. The quantitative estimate of drug-likeness (QED) is 0.640. The highest BCUT2D eigenvalue weighted by atomic mass is 32.2. The highest BCUT2D eigenvalue weighted by Gasteiger charge is 2.25. The molecule has 3 aromatic carbocycles. The van der Waals surface area contributed by atoms with Gasteiger partial charge in [0.25, 0.3) is 0 Å². The molecule has 0 heterocycles. The molecular weight excluding hydrogens is 382 g/mol. The maximum Gasteiger partial charge on any atom is 0.184 e. The summed E-state index contributed by atoms with van der Waals surface area (Å²) in [5.41, 5.74) is 6.98. The molecule has 0 aliphatic heterocycles. The lowest BCUT2D eigenvalue weighted by molar-refractivity contribution is 0.594. The molecule has 0 saturated carbocycles. The number of hydrogen-bond acceptors (Lipinski definition) is 5. The summed E-state index contributed by atoms with van der Waals surface area (Å²) in [7, 11) is -7.58. The second-order valence-electron chi connectivity index (χ2n) is 6.16. The summed E-state index contributed by atoms with van der Waals surface area (Å²) >= 11 is 0. The highest BCUT2D eigenvalue weighted by molar-refractivity contribution is 7.91. The van der Waals surface area contributed by atoms with Crippen LogP contribution in [0.25, 0.3) is 0 Å². The predicted octanol–water partition coefficient (Wildman–Crippen LogP) is 3.22. The molecular formula is C20H19NO4S2. The molecule has 3 rings (SSSR count). The zero-order chi connectivity index (χ0) is 19.5. The minimum absolute atomic E-state index is 0.166. The van der Waals surface area contributed by atoms with Gasteiger partial charge >= 0.3 is 0 Å². The molecule has 0 spiro atoms. The van der Waals surface area contributed by atoms with Crippen molar-refractivity contribution in [3.63, 3.8) is 0 Å². The average Bonchev–Trinajstić information content (AvgIpc) is 2.62. The van der Waals surface area contributed by atoms with Crippen molar-refractivity contribution in [2.45, 2.75) is 21.3 Å². The fourth-order valence-electron chi connectivity index (χ4n) is 2.81. The van der Waals surface area contributed by atoms with Crippen LogP contribution in [0.3, 0.4) is 0 Å². The van der Waals surface area contributed by atoms with E-state index in [0.717, 1.165) is 0 Å². The Morgan fingerprint density at radius 3 is 1.30 bits per heavy atom. The Hall–Kier alpha value is -2.64. The second kappa shape index (κ2) is 7.54. The molecule has 0 aliphatic rings. The van der Waals surface area contributed by atoms with Crippen molar-refractivity contribution < 1.29 is 16.8 Å². The summed E-state index contributed by atoms with van der Waals surface area (Å²) in [4.78, 5) is -0.332. The van der Waals surface area contributed by atoms with Crippen molar-refractivity contribution in [3.05, 3.63) is 90.0 Å². The summed E-state index contributed by atoms with van der Waals surface area (Å²) in [6, 6.07) is 21.5. The molecule has 2 N–H and O–H groups in total. The largest absolute Gasteiger partial charge is 0.397 e. The molecule has 0 aromatic heterocycles. The average molecular weight is 402 g/mol. The van der Waals surface area contributed by atoms with Gasteiger partial charge in [-0.25, -0.2) is 16.8 Å². The first-order valence-electron chi connectivity index (χ1n) is 8.21. The van der Waals surface area contributed by atoms with E-state index in [1.54, 1.807) is 60.7 Å². The molecule has 0 aliphatic carbocycles. The molecule has 0 fully saturated rings. The minimum atomic E-state index is -3.79. The van der Waals surface area contributed by atoms with Gasteiger partial charge in [0, 0.05) is 0 Å². The van der Waals surface area contributed by atoms with Crippen LogP contribution in [-0.4, -0.2) is 16.8 Å². The number of rotatable bonds is 6. The Morgan fingerprint density at radius 2 is 0.926 bits per heavy atom. The van der Waals surface area contributed by atoms with Gasteiger partial charge in [-0.3, -0.25) is 0 Å². The normalized spacial score (nSPS) is 12.0. The van der Waals surface area contributed by atoms with Crippen LogP contribution >= 0.6 is 0 Å². The summed E-state index contributed by atoms with van der Waals surface area (Å²) < 4.78 is 51.1. The molecule has 0 saturated heterocycles. The molecule has 0 radical (unpaired) electrons. The predicted molar refractivity (Wildman–Crippen MR) is 106 cm³/mol. The van der Waals surface area contributed by atoms with Crippen molar-refractivity contribution in [2.24, 2.45) is 0 Å². The van der Waals surface area contributed by atoms with Crippen molar-refractivity contribution >= 4 is 25.4 Å². The van der Waals surface area contributed by atoms with Crippen molar-refractivity contribution in [2.75, 3.05) is 5.73 Å². The number of para-hydroxylation sites is 1. The lowest BCUT2D eigenvalue weighted by atomic mass is 10.2. The first-order chi connectivity index (χ1) is 12.8. The molecule has 0 unspecified atom stereocenters. The van der Waals surface area contributed by atoms with E-state index in [9.17, 15) is 16.8 Å². The zero-order valence-corrected chi connectivity index (χ0v) is 16.1. The molecule has 0 amide bonds. The van der Waals surface area contributed by atoms with Crippen LogP contribution in [0.2, 0.25) is 0 Å². The standard InChI is InChI=1S/C20H19NO4S2/c21-20-18(26(22,23)14-16-8-3-1-4-9-16)12-7-13-19(20)27(24,25)15-17-10-5-2-6-11-17/h1-13H,14-15,21H2. The van der Waals surface area contributed by atoms with Gasteiger partial charge in [-0.1, -0.05) is 66.7 Å². The van der Waals surface area contributed by atoms with E-state index >= 15 is 0 Å². The molecule has 27 heavy (non-hydrogen) atoms. The van der Waals surface area contributed by atoms with Crippen LogP contribution < -0.4 is 5.73 Å². The van der Waals surface area contributed by atoms with Gasteiger partial charge in [0.2, 0.25) is 0 Å². The first kappa shape index (κ1) is 19.1. The van der Waals surface area contributed by atoms with E-state index in [-0.39, 0.29) is 27.0 Å². The smallest absolute Gasteiger partial charge is 0.184 e. The third-order valence-corrected chi connectivity index (χ3v) is 7.57. The van der Waals surface area contributed by atoms with Gasteiger partial charge in [0.15, 0.2) is 19.7 Å². The van der Waals surface area contributed by atoms with Crippen LogP contribution in [-0.2, 0) is 31.2 Å². The molecule has 7 heteroatoms. The maximum absolute atomic E-state index is 12.8. The van der Waals surface area contributed by atoms with Crippen molar-refractivity contribution in [1.29, 1.82) is 0 Å². The van der Waals surface area contributed by atoms with E-state index in [1.807, 2.05) is 0 Å². The van der Waals surface area contributed by atoms with Crippen LogP contribution in [0.1, 0.15) is 11.1 Å². The number of hydrogen-bond donors (Lipinski definition) is 1. The third-order valence-electron chi connectivity index (χ3n) is 4.10. The van der Waals surface area contributed by atoms with Crippen molar-refractivity contribution in [3.8, 4) is 0 Å². The van der Waals surface area contributed by atoms with E-state index in [1.165, 1.54) is 18.2 Å². The van der Waals surface area contributed by atoms with E-state index in [4.69, 9.17) is 5.73 Å². The van der Waals surface area contributed by atoms with E-state index < -0.39 is 19.7 Å². The van der Waals surface area contributed by atoms with Crippen LogP contribution in [0.5, 0.6) is 0 Å². The number of nitrogens with two attached hydrogens (primary N) is 1. The Kier molecular flexibility index (Phi) is 5.34. The van der Waals surface area contributed by atoms with Gasteiger partial charge in [-0.2, -0.15) is 0 Å². The second-order valence-corrected chi connectivity index (χ2v) is 10.1. The number of sulfone groups is 2. The fraction of sp³-hybridized carbons (Fsp3) is 0.100. The van der Waals surface area contributed by atoms with Gasteiger partial charge in [0.1, 0.15) is 0 Å². The van der Waals surface area contributed by atoms with Crippen LogP contribution in [0.15, 0.2) is 88.7 Å². The summed E-state index contributed by atoms with van der Waals surface area (Å²) in [6.07, 6.45) is 0. The summed E-state index contributed by atoms with van der Waals surface area (Å²) in [5, 5.41) is 0. The molecule has 5 nitrogen and oxygen atoms in total. The van der Waals surface area contributed by atoms with E-state index in [2.05, 4.69) is 0 Å². The lowest BCUT2D eigenvalue weighted by Gasteiger charge is -2.12. The maximum atomic E-state index is 12.8. The highest BCUT2D eigenvalue weighted by Crippen LogP contribution is 2.30. The monoisotopic (exact) mass is 401 g/mol. The lowest BCUT2D eigenvalue weighted by Crippen LogP contribution is -2.13. The SMILES string of the molecule is Nc1c(S(=O)(=O)Cc2ccccc2)cccc1S(=O)(=O)Cc1ccccc1. The number of anilines is 1. The molecule has 3 aromatic rings. The first-order valence-corrected chi connectivity index (χ1v) is 11.5. The molecule has 0 bridgehead atoms. The summed E-state index contributed by atoms with van der Waals surface area (Å²) in [5.74, 6) is -0.500. The molecule has 140 valence electrons. The fourth-order valence-corrected chi connectivity index (χ4v) is 5.91. The van der Waals surface area contributed by atoms with Crippen LogP contribution in [0.4, 0.5) is 5.69 Å². The van der Waals surface area contributed by atoms with Gasteiger partial charge in [-0.15, -0.1) is 0 Å². The van der Waals surface area contributed by atoms with E-state index in [0.29, 0.717) is 11.1 Å². The number of nitrogen functional groups attached to an aromatic ring is 1. The van der Waals surface area contributed by atoms with Gasteiger partial charge < -0.3 is 5.73 Å². The Bertz CT molecular complexity index is 1050. The Balaban J connectivity index is 1.98. The van der Waals surface area contributed by atoms with Gasteiger partial charge in [0.05, 0.1) is 27.0 Å². The van der Waals surface area contributed by atoms with Crippen molar-refractivity contribution in [1.82, 2.24) is 0 Å². The summed E-state index contributed by atoms with van der Waals surface area (Å²) in [6.45, 7) is 0. The minimum Gasteiger partial charge on any atom is -0.397 e. The Morgan fingerprint density at radius 1 is 0.556 bits per heavy atom. The zero-order valence-electron chi connectivity index (χ0n) is 14.4. The topological polar surface area (TPSA) is 94.3 Å². The Labute approximate surface area is 159 Å².